The summed E-state index contributed by atoms with van der Waals surface area (Å²) in [6.07, 6.45) is 3.53. The maximum Gasteiger partial charge on any atom is 0.263 e. The lowest BCUT2D eigenvalue weighted by Gasteiger charge is -2.06. The molecule has 5 nitrogen and oxygen atoms in total. The van der Waals surface area contributed by atoms with Gasteiger partial charge in [-0.2, -0.15) is 0 Å². The molecule has 0 atom stereocenters. The average molecular weight is 331 g/mol. The van der Waals surface area contributed by atoms with Gasteiger partial charge in [-0.1, -0.05) is 6.07 Å². The summed E-state index contributed by atoms with van der Waals surface area (Å²) < 4.78 is 1.39. The summed E-state index contributed by atoms with van der Waals surface area (Å²) in [7, 11) is 0. The molecular formula is C15H13N3O2S2. The number of amides is 1. The highest BCUT2D eigenvalue weighted by Gasteiger charge is 2.23. The first kappa shape index (κ1) is 13.7. The Morgan fingerprint density at radius 1 is 1.41 bits per heavy atom. The van der Waals surface area contributed by atoms with E-state index in [4.69, 9.17) is 0 Å². The van der Waals surface area contributed by atoms with Crippen LogP contribution in [-0.4, -0.2) is 21.5 Å². The van der Waals surface area contributed by atoms with Crippen molar-refractivity contribution < 1.29 is 4.79 Å². The average Bonchev–Trinajstić information content (AvgIpc) is 3.02. The van der Waals surface area contributed by atoms with E-state index in [0.29, 0.717) is 16.3 Å². The van der Waals surface area contributed by atoms with Gasteiger partial charge in [0, 0.05) is 21.9 Å². The highest BCUT2D eigenvalue weighted by Crippen LogP contribution is 2.33. The van der Waals surface area contributed by atoms with E-state index in [0.717, 1.165) is 23.3 Å². The van der Waals surface area contributed by atoms with Gasteiger partial charge in [0.05, 0.1) is 11.7 Å². The topological polar surface area (TPSA) is 64.0 Å². The molecule has 1 aliphatic rings. The fourth-order valence-electron chi connectivity index (χ4n) is 2.35. The Morgan fingerprint density at radius 3 is 3.00 bits per heavy atom. The van der Waals surface area contributed by atoms with Gasteiger partial charge in [-0.3, -0.25) is 14.2 Å². The minimum absolute atomic E-state index is 0.0258. The number of nitrogens with one attached hydrogen (secondary N) is 1. The van der Waals surface area contributed by atoms with Crippen LogP contribution in [0.5, 0.6) is 0 Å². The Balaban J connectivity index is 1.74. The van der Waals surface area contributed by atoms with Gasteiger partial charge in [0.1, 0.15) is 11.4 Å². The number of carbonyl (C=O) groups is 1. The second-order valence-corrected chi connectivity index (χ2v) is 7.13. The fraction of sp³-hybridized carbons (Fsp3) is 0.267. The Kier molecular flexibility index (Phi) is 3.31. The van der Waals surface area contributed by atoms with Gasteiger partial charge in [-0.25, -0.2) is 4.98 Å². The Labute approximate surface area is 134 Å². The van der Waals surface area contributed by atoms with Crippen LogP contribution in [0, 0.1) is 0 Å². The van der Waals surface area contributed by atoms with Gasteiger partial charge in [0.2, 0.25) is 5.91 Å². The molecule has 1 aliphatic carbocycles. The number of rotatable bonds is 4. The standard InChI is InChI=1S/C15H13N3O2S2/c19-12(17-9-3-4-9)6-18-8-16-14-13(15(18)20)10(7-22-14)11-2-1-5-21-11/h1-2,5,7-9H,3-4,6H2,(H,17,19). The normalized spacial score (nSPS) is 14.4. The van der Waals surface area contributed by atoms with E-state index in [2.05, 4.69) is 10.3 Å². The van der Waals surface area contributed by atoms with E-state index in [9.17, 15) is 9.59 Å². The molecule has 1 N–H and O–H groups in total. The molecule has 0 spiro atoms. The molecule has 0 unspecified atom stereocenters. The third-order valence-corrected chi connectivity index (χ3v) is 5.39. The summed E-state index contributed by atoms with van der Waals surface area (Å²) in [6.45, 7) is 0.0258. The van der Waals surface area contributed by atoms with Crippen LogP contribution in [0.15, 0.2) is 34.0 Å². The molecule has 4 rings (SSSR count). The molecule has 3 aromatic heterocycles. The van der Waals surface area contributed by atoms with Crippen molar-refractivity contribution in [2.45, 2.75) is 25.4 Å². The predicted molar refractivity (Wildman–Crippen MR) is 88.4 cm³/mol. The van der Waals surface area contributed by atoms with E-state index >= 15 is 0 Å². The molecule has 1 amide bonds. The van der Waals surface area contributed by atoms with Crippen molar-refractivity contribution in [2.75, 3.05) is 0 Å². The number of thiophene rings is 2. The molecule has 0 aromatic carbocycles. The van der Waals surface area contributed by atoms with Crippen molar-refractivity contribution in [1.29, 1.82) is 0 Å². The van der Waals surface area contributed by atoms with Gasteiger partial charge in [-0.05, 0) is 24.3 Å². The van der Waals surface area contributed by atoms with Crippen LogP contribution in [0.2, 0.25) is 0 Å². The zero-order valence-corrected chi connectivity index (χ0v) is 13.2. The molecular weight excluding hydrogens is 318 g/mol. The summed E-state index contributed by atoms with van der Waals surface area (Å²) in [5.41, 5.74) is 0.755. The summed E-state index contributed by atoms with van der Waals surface area (Å²) in [5.74, 6) is -0.126. The first-order valence-corrected chi connectivity index (χ1v) is 8.78. The van der Waals surface area contributed by atoms with E-state index in [1.807, 2.05) is 22.9 Å². The Bertz CT molecular complexity index is 891. The SMILES string of the molecule is O=C(Cn1cnc2scc(-c3cccs3)c2c1=O)NC1CC1. The summed E-state index contributed by atoms with van der Waals surface area (Å²) >= 11 is 3.05. The zero-order valence-electron chi connectivity index (χ0n) is 11.6. The number of aromatic nitrogens is 2. The van der Waals surface area contributed by atoms with Gasteiger partial charge < -0.3 is 5.32 Å². The second kappa shape index (κ2) is 5.33. The van der Waals surface area contributed by atoms with Crippen LogP contribution < -0.4 is 10.9 Å². The monoisotopic (exact) mass is 331 g/mol. The third kappa shape index (κ3) is 2.46. The lowest BCUT2D eigenvalue weighted by molar-refractivity contribution is -0.121. The molecule has 3 heterocycles. The molecule has 0 aliphatic heterocycles. The molecule has 22 heavy (non-hydrogen) atoms. The van der Waals surface area contributed by atoms with Crippen LogP contribution in [0.1, 0.15) is 12.8 Å². The van der Waals surface area contributed by atoms with Crippen molar-refractivity contribution in [1.82, 2.24) is 14.9 Å². The smallest absolute Gasteiger partial charge is 0.263 e. The number of nitrogens with zero attached hydrogens (tertiary/aromatic N) is 2. The minimum atomic E-state index is -0.152. The van der Waals surface area contributed by atoms with Crippen molar-refractivity contribution in [3.63, 3.8) is 0 Å². The number of hydrogen-bond acceptors (Lipinski definition) is 5. The summed E-state index contributed by atoms with van der Waals surface area (Å²) in [6, 6.07) is 4.24. The molecule has 3 aromatic rings. The lowest BCUT2D eigenvalue weighted by atomic mass is 10.2. The molecule has 112 valence electrons. The zero-order chi connectivity index (χ0) is 15.1. The molecule has 0 radical (unpaired) electrons. The fourth-order valence-corrected chi connectivity index (χ4v) is 4.07. The minimum Gasteiger partial charge on any atom is -0.352 e. The Hall–Kier alpha value is -1.99. The second-order valence-electron chi connectivity index (χ2n) is 5.33. The highest BCUT2D eigenvalue weighted by atomic mass is 32.1. The van der Waals surface area contributed by atoms with Gasteiger partial charge in [0.15, 0.2) is 0 Å². The maximum atomic E-state index is 12.7. The largest absolute Gasteiger partial charge is 0.352 e. The van der Waals surface area contributed by atoms with Crippen LogP contribution in [0.3, 0.4) is 0 Å². The quantitative estimate of drug-likeness (QED) is 0.799. The first-order chi connectivity index (χ1) is 10.7. The molecule has 1 fully saturated rings. The van der Waals surface area contributed by atoms with Crippen LogP contribution in [-0.2, 0) is 11.3 Å². The number of carbonyl (C=O) groups excluding carboxylic acids is 1. The van der Waals surface area contributed by atoms with Crippen LogP contribution >= 0.6 is 22.7 Å². The number of hydrogen-bond donors (Lipinski definition) is 1. The van der Waals surface area contributed by atoms with Crippen molar-refractivity contribution in [3.05, 3.63) is 39.6 Å². The van der Waals surface area contributed by atoms with Crippen LogP contribution in [0.25, 0.3) is 20.7 Å². The third-order valence-electron chi connectivity index (χ3n) is 3.60. The number of fused-ring (bicyclic) bond motifs is 1. The predicted octanol–water partition coefficient (Wildman–Crippen LogP) is 2.47. The van der Waals surface area contributed by atoms with Gasteiger partial charge >= 0.3 is 0 Å². The van der Waals surface area contributed by atoms with E-state index in [1.54, 1.807) is 11.3 Å². The lowest BCUT2D eigenvalue weighted by Crippen LogP contribution is -2.33. The summed E-state index contributed by atoms with van der Waals surface area (Å²) in [5, 5.41) is 7.44. The van der Waals surface area contributed by atoms with Crippen LogP contribution in [0.4, 0.5) is 0 Å². The van der Waals surface area contributed by atoms with Gasteiger partial charge in [0.25, 0.3) is 5.56 Å². The van der Waals surface area contributed by atoms with Crippen molar-refractivity contribution in [3.8, 4) is 10.4 Å². The Morgan fingerprint density at radius 2 is 2.27 bits per heavy atom. The van der Waals surface area contributed by atoms with E-state index < -0.39 is 0 Å². The first-order valence-electron chi connectivity index (χ1n) is 7.02. The van der Waals surface area contributed by atoms with Gasteiger partial charge in [-0.15, -0.1) is 22.7 Å². The molecule has 7 heteroatoms. The molecule has 0 bridgehead atoms. The maximum absolute atomic E-state index is 12.7. The highest BCUT2D eigenvalue weighted by molar-refractivity contribution is 7.18. The van der Waals surface area contributed by atoms with E-state index in [-0.39, 0.29) is 18.0 Å². The summed E-state index contributed by atoms with van der Waals surface area (Å²) in [4.78, 5) is 30.7. The van der Waals surface area contributed by atoms with E-state index in [1.165, 1.54) is 22.2 Å². The molecule has 1 saturated carbocycles. The van der Waals surface area contributed by atoms with Crippen molar-refractivity contribution >= 4 is 38.8 Å². The van der Waals surface area contributed by atoms with Crippen molar-refractivity contribution in [2.24, 2.45) is 0 Å². The molecule has 0 saturated heterocycles.